The van der Waals surface area contributed by atoms with Crippen molar-refractivity contribution in [2.75, 3.05) is 13.2 Å². The minimum atomic E-state index is -0.247. The van der Waals surface area contributed by atoms with Crippen LogP contribution in [0.25, 0.3) is 0 Å². The van der Waals surface area contributed by atoms with Crippen molar-refractivity contribution in [3.8, 4) is 18.1 Å². The van der Waals surface area contributed by atoms with Crippen LogP contribution in [0.2, 0.25) is 0 Å². The maximum atomic E-state index is 11.3. The molecule has 2 N–H and O–H groups in total. The monoisotopic (exact) mass is 261 g/mol. The molecule has 0 aromatic carbocycles. The van der Waals surface area contributed by atoms with Gasteiger partial charge >= 0.3 is 0 Å². The van der Waals surface area contributed by atoms with Gasteiger partial charge in [0.05, 0.1) is 18.4 Å². The lowest BCUT2D eigenvalue weighted by Crippen LogP contribution is -2.29. The fourth-order valence-electron chi connectivity index (χ4n) is 1.26. The maximum absolute atomic E-state index is 11.3. The topological polar surface area (TPSA) is 63.2 Å². The number of rotatable bonds is 7. The number of hydrogen-bond acceptors (Lipinski definition) is 4. The number of nitrogens with one attached hydrogen (secondary N) is 2. The molecule has 0 aliphatic heterocycles. The fourth-order valence-corrected chi connectivity index (χ4v) is 1.26. The molecule has 0 saturated heterocycles. The highest BCUT2D eigenvalue weighted by atomic mass is 16.5. The lowest BCUT2D eigenvalue weighted by Gasteiger charge is -2.08. The van der Waals surface area contributed by atoms with Crippen LogP contribution in [0.1, 0.15) is 19.5 Å². The molecule has 0 unspecified atom stereocenters. The third-order valence-electron chi connectivity index (χ3n) is 2.25. The molecule has 0 fully saturated rings. The molecule has 102 valence electrons. The summed E-state index contributed by atoms with van der Waals surface area (Å²) < 4.78 is 5.28. The zero-order valence-corrected chi connectivity index (χ0v) is 11.3. The van der Waals surface area contributed by atoms with Crippen LogP contribution in [0.5, 0.6) is 5.75 Å². The van der Waals surface area contributed by atoms with Crippen molar-refractivity contribution in [2.45, 2.75) is 26.4 Å². The summed E-state index contributed by atoms with van der Waals surface area (Å²) in [5.74, 6) is 2.63. The molecule has 1 rings (SSSR count). The quantitative estimate of drug-likeness (QED) is 0.710. The van der Waals surface area contributed by atoms with E-state index >= 15 is 0 Å². The van der Waals surface area contributed by atoms with E-state index in [-0.39, 0.29) is 19.1 Å². The molecule has 1 heterocycles. The highest BCUT2D eigenvalue weighted by Crippen LogP contribution is 2.08. The van der Waals surface area contributed by atoms with Crippen molar-refractivity contribution in [3.05, 3.63) is 24.0 Å². The summed E-state index contributed by atoms with van der Waals surface area (Å²) in [6, 6.07) is 4.07. The first-order valence-corrected chi connectivity index (χ1v) is 6.13. The molecule has 19 heavy (non-hydrogen) atoms. The molecule has 1 aromatic heterocycles. The summed E-state index contributed by atoms with van der Waals surface area (Å²) in [5.41, 5.74) is 0.929. The summed E-state index contributed by atoms with van der Waals surface area (Å²) >= 11 is 0. The predicted molar refractivity (Wildman–Crippen MR) is 73.6 cm³/mol. The van der Waals surface area contributed by atoms with E-state index in [4.69, 9.17) is 11.2 Å². The Kier molecular flexibility index (Phi) is 6.41. The highest BCUT2D eigenvalue weighted by Gasteiger charge is 2.02. The molecule has 0 spiro atoms. The second-order valence-corrected chi connectivity index (χ2v) is 4.29. The molecular weight excluding hydrogens is 242 g/mol. The van der Waals surface area contributed by atoms with E-state index in [9.17, 15) is 4.79 Å². The number of carbonyl (C=O) groups is 1. The smallest absolute Gasteiger partial charge is 0.258 e. The van der Waals surface area contributed by atoms with Gasteiger partial charge in [-0.2, -0.15) is 0 Å². The molecule has 0 aliphatic carbocycles. The van der Waals surface area contributed by atoms with Gasteiger partial charge in [-0.25, -0.2) is 0 Å². The normalized spacial score (nSPS) is 10.0. The number of pyridine rings is 1. The number of terminal acetylenes is 1. The Morgan fingerprint density at radius 1 is 1.53 bits per heavy atom. The fraction of sp³-hybridized carbons (Fsp3) is 0.429. The Balaban J connectivity index is 2.36. The number of hydrogen-bond donors (Lipinski definition) is 2. The average Bonchev–Trinajstić information content (AvgIpc) is 2.41. The summed E-state index contributed by atoms with van der Waals surface area (Å²) in [5, 5.41) is 5.78. The van der Waals surface area contributed by atoms with Crippen LogP contribution in [0, 0.1) is 12.3 Å². The van der Waals surface area contributed by atoms with E-state index in [1.807, 2.05) is 6.07 Å². The van der Waals surface area contributed by atoms with Gasteiger partial charge in [0.1, 0.15) is 5.75 Å². The van der Waals surface area contributed by atoms with Gasteiger partial charge in [-0.15, -0.1) is 6.42 Å². The van der Waals surface area contributed by atoms with E-state index in [1.54, 1.807) is 12.3 Å². The second kappa shape index (κ2) is 8.11. The van der Waals surface area contributed by atoms with Gasteiger partial charge in [0.15, 0.2) is 6.61 Å². The number of amides is 1. The zero-order valence-electron chi connectivity index (χ0n) is 11.3. The lowest BCUT2D eigenvalue weighted by molar-refractivity contribution is -0.122. The lowest BCUT2D eigenvalue weighted by atomic mass is 10.3. The van der Waals surface area contributed by atoms with Gasteiger partial charge in [0.25, 0.3) is 5.91 Å². The third kappa shape index (κ3) is 6.43. The van der Waals surface area contributed by atoms with Gasteiger partial charge in [-0.05, 0) is 12.1 Å². The van der Waals surface area contributed by atoms with Crippen molar-refractivity contribution in [1.29, 1.82) is 0 Å². The van der Waals surface area contributed by atoms with Crippen molar-refractivity contribution in [3.63, 3.8) is 0 Å². The van der Waals surface area contributed by atoms with Gasteiger partial charge < -0.3 is 15.4 Å². The molecule has 0 atom stereocenters. The van der Waals surface area contributed by atoms with Crippen molar-refractivity contribution in [2.24, 2.45) is 0 Å². The van der Waals surface area contributed by atoms with Crippen LogP contribution in [-0.2, 0) is 11.3 Å². The molecule has 5 heteroatoms. The summed E-state index contributed by atoms with van der Waals surface area (Å²) in [6.45, 7) is 5.01. The maximum Gasteiger partial charge on any atom is 0.258 e. The molecule has 1 aromatic rings. The Morgan fingerprint density at radius 3 is 2.89 bits per heavy atom. The standard InChI is InChI=1S/C14H19N3O2/c1-4-7-15-14(18)10-19-13-6-5-12(17-9-13)8-16-11(2)3/h1,5-6,9,11,16H,7-8,10H2,2-3H3,(H,15,18). The number of carbonyl (C=O) groups excluding carboxylic acids is 1. The molecule has 0 radical (unpaired) electrons. The van der Waals surface area contributed by atoms with E-state index in [2.05, 4.69) is 35.4 Å². The van der Waals surface area contributed by atoms with E-state index in [1.165, 1.54) is 0 Å². The zero-order chi connectivity index (χ0) is 14.1. The Labute approximate surface area is 113 Å². The van der Waals surface area contributed by atoms with Gasteiger partial charge in [0, 0.05) is 12.6 Å². The minimum Gasteiger partial charge on any atom is -0.482 e. The Bertz CT molecular complexity index is 435. The Hall–Kier alpha value is -2.06. The van der Waals surface area contributed by atoms with Crippen molar-refractivity contribution >= 4 is 5.91 Å². The average molecular weight is 261 g/mol. The first-order chi connectivity index (χ1) is 9.11. The molecular formula is C14H19N3O2. The molecule has 1 amide bonds. The first-order valence-electron chi connectivity index (χ1n) is 6.13. The largest absolute Gasteiger partial charge is 0.482 e. The summed E-state index contributed by atoms with van der Waals surface area (Å²) in [7, 11) is 0. The number of nitrogens with zero attached hydrogens (tertiary/aromatic N) is 1. The van der Waals surface area contributed by atoms with Crippen LogP contribution in [0.15, 0.2) is 18.3 Å². The number of ether oxygens (including phenoxy) is 1. The molecule has 0 saturated carbocycles. The minimum absolute atomic E-state index is 0.0625. The van der Waals surface area contributed by atoms with Crippen LogP contribution in [-0.4, -0.2) is 30.1 Å². The van der Waals surface area contributed by atoms with Gasteiger partial charge in [0.2, 0.25) is 0 Å². The van der Waals surface area contributed by atoms with Gasteiger partial charge in [-0.1, -0.05) is 19.8 Å². The van der Waals surface area contributed by atoms with Crippen LogP contribution >= 0.6 is 0 Å². The number of aromatic nitrogens is 1. The van der Waals surface area contributed by atoms with E-state index in [0.29, 0.717) is 18.3 Å². The first kappa shape index (κ1) is 15.0. The molecule has 5 nitrogen and oxygen atoms in total. The SMILES string of the molecule is C#CCNC(=O)COc1ccc(CNC(C)C)nc1. The van der Waals surface area contributed by atoms with Crippen molar-refractivity contribution in [1.82, 2.24) is 15.6 Å². The van der Waals surface area contributed by atoms with Crippen molar-refractivity contribution < 1.29 is 9.53 Å². The van der Waals surface area contributed by atoms with E-state index in [0.717, 1.165) is 5.69 Å². The second-order valence-electron chi connectivity index (χ2n) is 4.29. The predicted octanol–water partition coefficient (Wildman–Crippen LogP) is 0.708. The third-order valence-corrected chi connectivity index (χ3v) is 2.25. The summed E-state index contributed by atoms with van der Waals surface area (Å²) in [4.78, 5) is 15.5. The molecule has 0 aliphatic rings. The summed E-state index contributed by atoms with van der Waals surface area (Å²) in [6.07, 6.45) is 6.63. The van der Waals surface area contributed by atoms with Crippen LogP contribution in [0.4, 0.5) is 0 Å². The van der Waals surface area contributed by atoms with Crippen LogP contribution < -0.4 is 15.4 Å². The van der Waals surface area contributed by atoms with Gasteiger partial charge in [-0.3, -0.25) is 9.78 Å². The molecule has 0 bridgehead atoms. The van der Waals surface area contributed by atoms with Crippen LogP contribution in [0.3, 0.4) is 0 Å². The van der Waals surface area contributed by atoms with E-state index < -0.39 is 0 Å². The Morgan fingerprint density at radius 2 is 2.32 bits per heavy atom. The highest BCUT2D eigenvalue weighted by molar-refractivity contribution is 5.77.